The largest absolute Gasteiger partial charge is 0.468 e. The maximum atomic E-state index is 13.5. The van der Waals surface area contributed by atoms with Crippen LogP contribution < -0.4 is 20.9 Å². The van der Waals surface area contributed by atoms with Crippen molar-refractivity contribution in [2.45, 2.75) is 43.4 Å². The van der Waals surface area contributed by atoms with Crippen molar-refractivity contribution in [1.82, 2.24) is 14.6 Å². The number of carbonyl (C=O) groups is 1. The number of hydrogen-bond acceptors (Lipinski definition) is 10. The second-order valence-corrected chi connectivity index (χ2v) is 9.81. The van der Waals surface area contributed by atoms with Crippen molar-refractivity contribution in [2.75, 3.05) is 20.3 Å². The fourth-order valence-electron chi connectivity index (χ4n) is 3.97. The summed E-state index contributed by atoms with van der Waals surface area (Å²) in [6, 6.07) is 8.28. The molecule has 13 nitrogen and oxygen atoms in total. The Morgan fingerprint density at radius 3 is 2.66 bits per heavy atom. The predicted octanol–water partition coefficient (Wildman–Crippen LogP) is 0.309. The Morgan fingerprint density at radius 2 is 2.06 bits per heavy atom. The normalized spacial score (nSPS) is 28.1. The molecule has 1 aromatic carbocycles. The molecular formula is C21H26N3O10P. The first-order valence-corrected chi connectivity index (χ1v) is 12.4. The molecule has 1 aromatic heterocycles. The second kappa shape index (κ2) is 10.1. The van der Waals surface area contributed by atoms with E-state index in [4.69, 9.17) is 18.5 Å². The molecule has 0 aliphatic carbocycles. The lowest BCUT2D eigenvalue weighted by molar-refractivity contribution is -0.227. The van der Waals surface area contributed by atoms with E-state index in [1.54, 1.807) is 30.3 Å². The molecule has 35 heavy (non-hydrogen) atoms. The van der Waals surface area contributed by atoms with E-state index in [9.17, 15) is 24.1 Å². The van der Waals surface area contributed by atoms with Crippen LogP contribution in [0.15, 0.2) is 52.2 Å². The first-order chi connectivity index (χ1) is 16.7. The smallest absolute Gasteiger partial charge is 0.459 e. The number of nitrogens with zero attached hydrogens (tertiary/aromatic N) is 1. The van der Waals surface area contributed by atoms with E-state index in [0.717, 1.165) is 10.6 Å². The Hall–Kier alpha value is -2.80. The van der Waals surface area contributed by atoms with Crippen molar-refractivity contribution in [3.63, 3.8) is 0 Å². The van der Waals surface area contributed by atoms with Gasteiger partial charge in [0.05, 0.1) is 20.3 Å². The maximum absolute atomic E-state index is 13.5. The Kier molecular flexibility index (Phi) is 7.27. The molecule has 0 saturated carbocycles. The average molecular weight is 511 g/mol. The van der Waals surface area contributed by atoms with Gasteiger partial charge in [0, 0.05) is 18.7 Å². The van der Waals surface area contributed by atoms with Crippen LogP contribution in [0.3, 0.4) is 0 Å². The van der Waals surface area contributed by atoms with Gasteiger partial charge in [-0.15, -0.1) is 0 Å². The summed E-state index contributed by atoms with van der Waals surface area (Å²) >= 11 is 0. The fraction of sp³-hybridized carbons (Fsp3) is 0.476. The Labute approximate surface area is 199 Å². The topological polar surface area (TPSA) is 167 Å². The molecule has 4 rings (SSSR count). The summed E-state index contributed by atoms with van der Waals surface area (Å²) in [6.45, 7) is 1.31. The van der Waals surface area contributed by atoms with E-state index < -0.39 is 61.7 Å². The Balaban J connectivity index is 1.55. The van der Waals surface area contributed by atoms with Crippen LogP contribution in [0.25, 0.3) is 0 Å². The minimum Gasteiger partial charge on any atom is -0.468 e. The zero-order chi connectivity index (χ0) is 25.2. The highest BCUT2D eigenvalue weighted by atomic mass is 31.2. The van der Waals surface area contributed by atoms with Crippen LogP contribution >= 0.6 is 7.75 Å². The van der Waals surface area contributed by atoms with Crippen molar-refractivity contribution < 1.29 is 37.7 Å². The number of H-pyrrole nitrogens is 1. The quantitative estimate of drug-likeness (QED) is 0.313. The van der Waals surface area contributed by atoms with E-state index in [2.05, 4.69) is 14.8 Å². The summed E-state index contributed by atoms with van der Waals surface area (Å²) in [7, 11) is -3.00. The molecule has 190 valence electrons. The highest BCUT2D eigenvalue weighted by Crippen LogP contribution is 2.50. The molecule has 14 heteroatoms. The number of methoxy groups -OCH3 is 1. The number of benzene rings is 1. The van der Waals surface area contributed by atoms with Gasteiger partial charge < -0.3 is 23.8 Å². The third kappa shape index (κ3) is 5.10. The van der Waals surface area contributed by atoms with E-state index in [0.29, 0.717) is 13.0 Å². The number of aromatic amines is 1. The second-order valence-electron chi connectivity index (χ2n) is 8.11. The van der Waals surface area contributed by atoms with Crippen molar-refractivity contribution in [2.24, 2.45) is 0 Å². The molecule has 2 aromatic rings. The summed E-state index contributed by atoms with van der Waals surface area (Å²) in [4.78, 5) is 37.8. The van der Waals surface area contributed by atoms with Crippen molar-refractivity contribution >= 4 is 13.7 Å². The number of ether oxygens (including phenoxy) is 3. The molecule has 2 aliphatic rings. The van der Waals surface area contributed by atoms with Crippen LogP contribution in [0.2, 0.25) is 0 Å². The highest BCUT2D eigenvalue weighted by molar-refractivity contribution is 7.52. The molecule has 3 heterocycles. The molecule has 2 aliphatic heterocycles. The van der Waals surface area contributed by atoms with Crippen LogP contribution in [0.1, 0.15) is 19.6 Å². The lowest BCUT2D eigenvalue weighted by Crippen LogP contribution is -2.57. The van der Waals surface area contributed by atoms with Crippen molar-refractivity contribution in [3.05, 3.63) is 63.4 Å². The average Bonchev–Trinajstić information content (AvgIpc) is 3.10. The zero-order valence-electron chi connectivity index (χ0n) is 19.0. The third-order valence-corrected chi connectivity index (χ3v) is 7.47. The molecule has 6 atom stereocenters. The van der Waals surface area contributed by atoms with Crippen LogP contribution in [0.5, 0.6) is 5.75 Å². The number of rotatable bonds is 9. The molecule has 0 radical (unpaired) electrons. The van der Waals surface area contributed by atoms with Gasteiger partial charge in [0.15, 0.2) is 6.23 Å². The summed E-state index contributed by atoms with van der Waals surface area (Å²) in [5.74, 6) is -0.480. The minimum atomic E-state index is -4.18. The Morgan fingerprint density at radius 1 is 1.34 bits per heavy atom. The van der Waals surface area contributed by atoms with E-state index >= 15 is 0 Å². The number of aromatic nitrogens is 2. The molecule has 0 bridgehead atoms. The van der Waals surface area contributed by atoms with Crippen LogP contribution in [-0.2, 0) is 28.1 Å². The molecule has 1 unspecified atom stereocenters. The zero-order valence-corrected chi connectivity index (χ0v) is 19.9. The Bertz CT molecular complexity index is 1210. The number of aliphatic hydroxyl groups is 1. The first-order valence-electron chi connectivity index (χ1n) is 10.8. The molecule has 1 spiro atoms. The summed E-state index contributed by atoms with van der Waals surface area (Å²) in [5.41, 5.74) is -2.58. The third-order valence-electron chi connectivity index (χ3n) is 5.83. The fourth-order valence-corrected chi connectivity index (χ4v) is 5.48. The number of esters is 1. The predicted molar refractivity (Wildman–Crippen MR) is 120 cm³/mol. The number of nitrogens with one attached hydrogen (secondary N) is 2. The van der Waals surface area contributed by atoms with Crippen molar-refractivity contribution in [3.8, 4) is 5.75 Å². The van der Waals surface area contributed by atoms with E-state index in [1.165, 1.54) is 20.2 Å². The lowest BCUT2D eigenvalue weighted by atomic mass is 9.86. The van der Waals surface area contributed by atoms with Gasteiger partial charge in [-0.2, -0.15) is 5.09 Å². The first kappa shape index (κ1) is 25.3. The number of aliphatic hydroxyl groups excluding tert-OH is 1. The van der Waals surface area contributed by atoms with Gasteiger partial charge >= 0.3 is 19.4 Å². The van der Waals surface area contributed by atoms with Gasteiger partial charge in [-0.05, 0) is 19.1 Å². The molecule has 2 saturated heterocycles. The lowest BCUT2D eigenvalue weighted by Gasteiger charge is -2.44. The van der Waals surface area contributed by atoms with Gasteiger partial charge in [-0.1, -0.05) is 18.2 Å². The highest BCUT2D eigenvalue weighted by Gasteiger charge is 2.62. The number of carbonyl (C=O) groups excluding carboxylic acids is 1. The summed E-state index contributed by atoms with van der Waals surface area (Å²) < 4.78 is 42.0. The number of para-hydroxylation sites is 1. The van der Waals surface area contributed by atoms with E-state index in [1.807, 2.05) is 0 Å². The molecular weight excluding hydrogens is 485 g/mol. The van der Waals surface area contributed by atoms with Crippen LogP contribution in [0.4, 0.5) is 0 Å². The molecule has 2 fully saturated rings. The van der Waals surface area contributed by atoms with Gasteiger partial charge in [-0.3, -0.25) is 23.7 Å². The van der Waals surface area contributed by atoms with Gasteiger partial charge in [0.25, 0.3) is 5.56 Å². The van der Waals surface area contributed by atoms with Crippen molar-refractivity contribution in [1.29, 1.82) is 0 Å². The van der Waals surface area contributed by atoms with Crippen LogP contribution in [-0.4, -0.2) is 64.8 Å². The van der Waals surface area contributed by atoms with Gasteiger partial charge in [0.1, 0.15) is 29.6 Å². The van der Waals surface area contributed by atoms with Gasteiger partial charge in [-0.25, -0.2) is 9.36 Å². The SMILES string of the molecule is COC(=O)[C@H](C)NP(=O)(OC[C@H]1O[C@@H](n2ccc(=O)[nH]c2=O)[C@@]2(CCO2)[C@@H]1O)Oc1ccccc1. The molecule has 0 amide bonds. The standard InChI is InChI=1S/C21H26N3O10P/c1-13(18(27)30-2)23-35(29,34-14-6-4-3-5-7-14)32-12-15-17(26)21(9-11-31-21)19(33-15)24-10-8-16(25)22-20(24)28/h3-8,10,13,15,17,19,26H,9,11-12H2,1-2H3,(H,23,29)(H,22,25,28)/t13-,15+,17+,19+,21+,35?/m0/s1. The maximum Gasteiger partial charge on any atom is 0.459 e. The minimum absolute atomic E-state index is 0.213. The number of hydrogen-bond donors (Lipinski definition) is 3. The van der Waals surface area contributed by atoms with Crippen LogP contribution in [0, 0.1) is 0 Å². The van der Waals surface area contributed by atoms with E-state index in [-0.39, 0.29) is 5.75 Å². The summed E-state index contributed by atoms with van der Waals surface area (Å²) in [5, 5.41) is 13.5. The van der Waals surface area contributed by atoms with Gasteiger partial charge in [0.2, 0.25) is 0 Å². The molecule has 3 N–H and O–H groups in total. The monoisotopic (exact) mass is 511 g/mol. The summed E-state index contributed by atoms with van der Waals surface area (Å²) in [6.07, 6.45) is -1.80.